The number of halogens is 1. The van der Waals surface area contributed by atoms with Crippen LogP contribution in [0.1, 0.15) is 29.8 Å². The van der Waals surface area contributed by atoms with Crippen molar-refractivity contribution in [1.82, 2.24) is 14.2 Å². The predicted octanol–water partition coefficient (Wildman–Crippen LogP) is 4.46. The maximum Gasteiger partial charge on any atom is 0.240 e. The molecule has 5 nitrogen and oxygen atoms in total. The van der Waals surface area contributed by atoms with Crippen LogP contribution in [0.2, 0.25) is 0 Å². The number of aryl methyl sites for hydroxylation is 1. The lowest BCUT2D eigenvalue weighted by atomic mass is 10.1. The molecule has 4 rings (SSSR count). The molecule has 0 radical (unpaired) electrons. The fourth-order valence-corrected chi connectivity index (χ4v) is 5.63. The van der Waals surface area contributed by atoms with Crippen LogP contribution in [-0.4, -0.2) is 37.0 Å². The molecular weight excluding hydrogens is 430 g/mol. The van der Waals surface area contributed by atoms with E-state index in [9.17, 15) is 8.42 Å². The molecule has 3 aromatic rings. The quantitative estimate of drug-likeness (QED) is 0.592. The zero-order valence-electron chi connectivity index (χ0n) is 18.0. The molecule has 0 saturated carbocycles. The molecule has 1 N–H and O–H groups in total. The molecule has 0 unspecified atom stereocenters. The molecule has 0 amide bonds. The molecule has 1 fully saturated rings. The Morgan fingerprint density at radius 2 is 1.52 bits per heavy atom. The average Bonchev–Trinajstić information content (AvgIpc) is 3.03. The Bertz CT molecular complexity index is 1090. The highest BCUT2D eigenvalue weighted by Crippen LogP contribution is 2.23. The molecule has 1 aliphatic rings. The van der Waals surface area contributed by atoms with Crippen LogP contribution in [0.4, 0.5) is 0 Å². The average molecular weight is 460 g/mol. The van der Waals surface area contributed by atoms with E-state index < -0.39 is 10.0 Å². The van der Waals surface area contributed by atoms with Gasteiger partial charge in [0.2, 0.25) is 10.0 Å². The summed E-state index contributed by atoms with van der Waals surface area (Å²) in [5.74, 6) is 0. The summed E-state index contributed by atoms with van der Waals surface area (Å²) in [6, 6.07) is 21.3. The van der Waals surface area contributed by atoms with Crippen molar-refractivity contribution in [1.29, 1.82) is 0 Å². The Morgan fingerprint density at radius 3 is 2.13 bits per heavy atom. The van der Waals surface area contributed by atoms with Gasteiger partial charge in [0, 0.05) is 42.8 Å². The number of hydrogen-bond acceptors (Lipinski definition) is 3. The van der Waals surface area contributed by atoms with Crippen molar-refractivity contribution in [2.75, 3.05) is 13.1 Å². The highest BCUT2D eigenvalue weighted by Gasteiger charge is 2.25. The van der Waals surface area contributed by atoms with Gasteiger partial charge in [-0.15, -0.1) is 12.4 Å². The number of rotatable bonds is 6. The number of likely N-dealkylation sites (tertiary alicyclic amines) is 1. The maximum absolute atomic E-state index is 12.6. The first kappa shape index (κ1) is 23.5. The van der Waals surface area contributed by atoms with Crippen molar-refractivity contribution in [3.8, 4) is 5.69 Å². The summed E-state index contributed by atoms with van der Waals surface area (Å²) < 4.78 is 30.3. The normalized spacial score (nSPS) is 15.5. The number of benzene rings is 2. The van der Waals surface area contributed by atoms with Crippen LogP contribution in [-0.2, 0) is 16.6 Å². The van der Waals surface area contributed by atoms with E-state index in [1.807, 2.05) is 12.1 Å². The van der Waals surface area contributed by atoms with Gasteiger partial charge in [-0.1, -0.05) is 36.4 Å². The van der Waals surface area contributed by atoms with Gasteiger partial charge in [-0.05, 0) is 62.6 Å². The van der Waals surface area contributed by atoms with Gasteiger partial charge in [0.15, 0.2) is 0 Å². The summed E-state index contributed by atoms with van der Waals surface area (Å²) in [6.45, 7) is 6.99. The van der Waals surface area contributed by atoms with Crippen molar-refractivity contribution in [2.45, 2.75) is 44.2 Å². The molecule has 2 aromatic carbocycles. The lowest BCUT2D eigenvalue weighted by molar-refractivity contribution is 0.199. The summed E-state index contributed by atoms with van der Waals surface area (Å²) in [5, 5.41) is 0. The SMILES string of the molecule is Cc1cc(CN2CCC(NS(=O)(=O)c3ccccc3)CC2)c(C)n1-c1ccccc1.Cl. The first-order valence-electron chi connectivity index (χ1n) is 10.5. The monoisotopic (exact) mass is 459 g/mol. The molecule has 0 aliphatic carbocycles. The van der Waals surface area contributed by atoms with E-state index in [4.69, 9.17) is 0 Å². The second-order valence-electron chi connectivity index (χ2n) is 8.05. The number of para-hydroxylation sites is 1. The highest BCUT2D eigenvalue weighted by atomic mass is 35.5. The molecule has 1 aliphatic heterocycles. The first-order valence-corrected chi connectivity index (χ1v) is 12.0. The highest BCUT2D eigenvalue weighted by molar-refractivity contribution is 7.89. The topological polar surface area (TPSA) is 54.3 Å². The van der Waals surface area contributed by atoms with Crippen molar-refractivity contribution in [2.24, 2.45) is 0 Å². The van der Waals surface area contributed by atoms with Gasteiger partial charge < -0.3 is 4.57 Å². The smallest absolute Gasteiger partial charge is 0.240 e. The van der Waals surface area contributed by atoms with Crippen LogP contribution in [0.25, 0.3) is 5.69 Å². The van der Waals surface area contributed by atoms with Gasteiger partial charge in [-0.2, -0.15) is 0 Å². The lowest BCUT2D eigenvalue weighted by Gasteiger charge is -2.32. The van der Waals surface area contributed by atoms with Gasteiger partial charge in [-0.25, -0.2) is 13.1 Å². The summed E-state index contributed by atoms with van der Waals surface area (Å²) >= 11 is 0. The lowest BCUT2D eigenvalue weighted by Crippen LogP contribution is -2.44. The van der Waals surface area contributed by atoms with Crippen molar-refractivity contribution < 1.29 is 8.42 Å². The van der Waals surface area contributed by atoms with Gasteiger partial charge in [0.05, 0.1) is 4.90 Å². The van der Waals surface area contributed by atoms with Gasteiger partial charge in [-0.3, -0.25) is 4.90 Å². The zero-order chi connectivity index (χ0) is 21.1. The van der Waals surface area contributed by atoms with Crippen LogP contribution in [0.3, 0.4) is 0 Å². The summed E-state index contributed by atoms with van der Waals surface area (Å²) in [5.41, 5.74) is 5.03. The number of hydrogen-bond donors (Lipinski definition) is 1. The van der Waals surface area contributed by atoms with E-state index in [1.54, 1.807) is 24.3 Å². The van der Waals surface area contributed by atoms with E-state index in [-0.39, 0.29) is 18.4 Å². The molecule has 2 heterocycles. The van der Waals surface area contributed by atoms with Crippen molar-refractivity contribution in [3.63, 3.8) is 0 Å². The summed E-state index contributed by atoms with van der Waals surface area (Å²) in [4.78, 5) is 2.76. The van der Waals surface area contributed by atoms with Crippen LogP contribution in [0.15, 0.2) is 71.6 Å². The minimum Gasteiger partial charge on any atom is -0.318 e. The van der Waals surface area contributed by atoms with Crippen LogP contribution >= 0.6 is 12.4 Å². The number of nitrogens with zero attached hydrogens (tertiary/aromatic N) is 2. The standard InChI is InChI=1S/C24H29N3O2S.ClH/c1-19-17-21(20(2)27(19)23-9-5-3-6-10-23)18-26-15-13-22(14-16-26)25-30(28,29)24-11-7-4-8-12-24;/h3-12,17,22,25H,13-16,18H2,1-2H3;1H. The Balaban J connectivity index is 0.00000272. The largest absolute Gasteiger partial charge is 0.318 e. The number of piperidine rings is 1. The zero-order valence-corrected chi connectivity index (χ0v) is 19.6. The van der Waals surface area contributed by atoms with Crippen LogP contribution < -0.4 is 4.72 Å². The van der Waals surface area contributed by atoms with Gasteiger partial charge in [0.25, 0.3) is 0 Å². The maximum atomic E-state index is 12.6. The first-order chi connectivity index (χ1) is 14.4. The van der Waals surface area contributed by atoms with Gasteiger partial charge >= 0.3 is 0 Å². The third kappa shape index (κ3) is 5.39. The fraction of sp³-hybridized carbons (Fsp3) is 0.333. The molecule has 0 bridgehead atoms. The van der Waals surface area contributed by atoms with Crippen molar-refractivity contribution in [3.05, 3.63) is 83.7 Å². The third-order valence-electron chi connectivity index (χ3n) is 5.91. The minimum absolute atomic E-state index is 0. The molecule has 0 spiro atoms. The molecule has 1 saturated heterocycles. The molecule has 7 heteroatoms. The van der Waals surface area contributed by atoms with Crippen LogP contribution in [0.5, 0.6) is 0 Å². The molecule has 166 valence electrons. The van der Waals surface area contributed by atoms with Gasteiger partial charge in [0.1, 0.15) is 0 Å². The Labute approximate surface area is 191 Å². The summed E-state index contributed by atoms with van der Waals surface area (Å²) in [6.07, 6.45) is 1.65. The van der Waals surface area contributed by atoms with E-state index >= 15 is 0 Å². The van der Waals surface area contributed by atoms with E-state index in [0.29, 0.717) is 4.90 Å². The predicted molar refractivity (Wildman–Crippen MR) is 128 cm³/mol. The molecule has 1 aromatic heterocycles. The van der Waals surface area contributed by atoms with E-state index in [1.165, 1.54) is 22.6 Å². The Morgan fingerprint density at radius 1 is 0.935 bits per heavy atom. The van der Waals surface area contributed by atoms with E-state index in [2.05, 4.69) is 58.4 Å². The second-order valence-corrected chi connectivity index (χ2v) is 9.77. The number of sulfonamides is 1. The van der Waals surface area contributed by atoms with E-state index in [0.717, 1.165) is 32.5 Å². The van der Waals surface area contributed by atoms with Crippen LogP contribution in [0, 0.1) is 13.8 Å². The molecular formula is C24H30ClN3O2S. The minimum atomic E-state index is -3.45. The Hall–Kier alpha value is -2.12. The molecule has 0 atom stereocenters. The number of aromatic nitrogens is 1. The van der Waals surface area contributed by atoms with Crippen molar-refractivity contribution >= 4 is 22.4 Å². The third-order valence-corrected chi connectivity index (χ3v) is 7.44. The number of nitrogens with one attached hydrogen (secondary N) is 1. The summed E-state index contributed by atoms with van der Waals surface area (Å²) in [7, 11) is -3.45. The second kappa shape index (κ2) is 10.0. The fourth-order valence-electron chi connectivity index (χ4n) is 4.30. The Kier molecular flexibility index (Phi) is 7.59. The molecule has 31 heavy (non-hydrogen) atoms.